The molecule has 0 atom stereocenters. The molecular weight excluding hydrogens is 264 g/mol. The smallest absolute Gasteiger partial charge is 0.194 e. The Morgan fingerprint density at radius 1 is 1.06 bits per heavy atom. The van der Waals surface area contributed by atoms with Crippen LogP contribution in [-0.2, 0) is 0 Å². The fourth-order valence-corrected chi connectivity index (χ4v) is 4.32. The molecule has 2 nitrogen and oxygen atoms in total. The summed E-state index contributed by atoms with van der Waals surface area (Å²) in [4.78, 5) is 11.5. The van der Waals surface area contributed by atoms with E-state index >= 15 is 0 Å². The average Bonchev–Trinajstić information content (AvgIpc) is 3.06. The van der Waals surface area contributed by atoms with Crippen LogP contribution in [0.3, 0.4) is 0 Å². The first kappa shape index (κ1) is 10.3. The Morgan fingerprint density at radius 3 is 2.44 bits per heavy atom. The van der Waals surface area contributed by atoms with Gasteiger partial charge in [-0.05, 0) is 29.0 Å². The lowest BCUT2D eigenvalue weighted by Crippen LogP contribution is -1.85. The summed E-state index contributed by atoms with van der Waals surface area (Å²) in [6.07, 6.45) is 0. The summed E-state index contributed by atoms with van der Waals surface area (Å²) < 4.78 is 8.27. The largest absolute Gasteiger partial charge is 0.452 e. The normalized spacial score (nSPS) is 11.8. The maximum Gasteiger partial charge on any atom is 0.194 e. The van der Waals surface area contributed by atoms with E-state index in [1.807, 2.05) is 6.07 Å². The summed E-state index contributed by atoms with van der Waals surface area (Å²) in [5.41, 5.74) is 0.836. The van der Waals surface area contributed by atoms with Gasteiger partial charge < -0.3 is 4.42 Å². The molecule has 0 fully saturated rings. The Balaban J connectivity index is 2.35. The predicted octanol–water partition coefficient (Wildman–Crippen LogP) is 5.06. The van der Waals surface area contributed by atoms with Crippen molar-refractivity contribution < 1.29 is 9.21 Å². The Morgan fingerprint density at radius 2 is 1.72 bits per heavy atom. The quantitative estimate of drug-likeness (QED) is 0.453. The van der Waals surface area contributed by atoms with Crippen molar-refractivity contribution in [2.75, 3.05) is 0 Å². The summed E-state index contributed by atoms with van der Waals surface area (Å²) >= 11 is 3.46. The molecule has 4 rings (SSSR count). The molecule has 3 aromatic heterocycles. The summed E-state index contributed by atoms with van der Waals surface area (Å²) in [6.45, 7) is 1.54. The zero-order chi connectivity index (χ0) is 12.3. The molecule has 18 heavy (non-hydrogen) atoms. The van der Waals surface area contributed by atoms with Gasteiger partial charge in [0.25, 0.3) is 0 Å². The van der Waals surface area contributed by atoms with E-state index in [2.05, 4.69) is 22.9 Å². The number of carbonyl (C=O) groups is 1. The van der Waals surface area contributed by atoms with Crippen LogP contribution in [0.4, 0.5) is 0 Å². The van der Waals surface area contributed by atoms with Gasteiger partial charge >= 0.3 is 0 Å². The molecule has 0 saturated heterocycles. The van der Waals surface area contributed by atoms with E-state index in [4.69, 9.17) is 4.42 Å². The molecule has 3 heterocycles. The summed E-state index contributed by atoms with van der Waals surface area (Å²) in [7, 11) is 0. The van der Waals surface area contributed by atoms with E-state index in [9.17, 15) is 4.79 Å². The first-order chi connectivity index (χ1) is 8.75. The van der Waals surface area contributed by atoms with Gasteiger partial charge in [-0.2, -0.15) is 0 Å². The zero-order valence-electron chi connectivity index (χ0n) is 9.52. The van der Waals surface area contributed by atoms with Crippen LogP contribution in [0.25, 0.3) is 31.1 Å². The maximum absolute atomic E-state index is 11.5. The highest BCUT2D eigenvalue weighted by Gasteiger charge is 2.16. The molecule has 0 amide bonds. The lowest BCUT2D eigenvalue weighted by Gasteiger charge is -1.95. The second-order valence-electron chi connectivity index (χ2n) is 4.24. The molecule has 4 heteroatoms. The average molecular weight is 272 g/mol. The molecule has 0 aliphatic rings. The minimum absolute atomic E-state index is 0.0297. The van der Waals surface area contributed by atoms with Gasteiger partial charge in [-0.1, -0.05) is 0 Å². The van der Waals surface area contributed by atoms with Gasteiger partial charge in [-0.15, -0.1) is 22.7 Å². The third kappa shape index (κ3) is 1.19. The molecule has 0 N–H and O–H groups in total. The summed E-state index contributed by atoms with van der Waals surface area (Å²) in [6, 6.07) is 6.03. The maximum atomic E-state index is 11.5. The molecule has 0 bridgehead atoms. The van der Waals surface area contributed by atoms with Crippen molar-refractivity contribution in [3.63, 3.8) is 0 Å². The van der Waals surface area contributed by atoms with E-state index in [-0.39, 0.29) is 5.78 Å². The molecule has 4 aromatic rings. The van der Waals surface area contributed by atoms with E-state index in [1.165, 1.54) is 21.7 Å². The van der Waals surface area contributed by atoms with Gasteiger partial charge in [0.15, 0.2) is 11.5 Å². The van der Waals surface area contributed by atoms with Crippen LogP contribution in [-0.4, -0.2) is 5.78 Å². The Kier molecular flexibility index (Phi) is 1.96. The SMILES string of the molecule is CC(=O)c1cc2c3ccsc3c3sccc3c2o1. The Bertz CT molecular complexity index is 840. The van der Waals surface area contributed by atoms with Crippen LogP contribution >= 0.6 is 22.7 Å². The highest BCUT2D eigenvalue weighted by molar-refractivity contribution is 7.25. The molecule has 0 spiro atoms. The van der Waals surface area contributed by atoms with E-state index < -0.39 is 0 Å². The van der Waals surface area contributed by atoms with Gasteiger partial charge in [-0.25, -0.2) is 0 Å². The highest BCUT2D eigenvalue weighted by atomic mass is 32.1. The number of rotatable bonds is 1. The van der Waals surface area contributed by atoms with Crippen LogP contribution in [0.5, 0.6) is 0 Å². The number of hydrogen-bond acceptors (Lipinski definition) is 4. The predicted molar refractivity (Wildman–Crippen MR) is 77.0 cm³/mol. The number of benzene rings is 1. The van der Waals surface area contributed by atoms with E-state index in [0.29, 0.717) is 5.76 Å². The van der Waals surface area contributed by atoms with Crippen LogP contribution in [0.2, 0.25) is 0 Å². The van der Waals surface area contributed by atoms with Crippen molar-refractivity contribution in [1.29, 1.82) is 0 Å². The third-order valence-corrected chi connectivity index (χ3v) is 5.14. The number of Topliss-reactive ketones (excluding diaryl/α,β-unsaturated/α-hetero) is 1. The van der Waals surface area contributed by atoms with Gasteiger partial charge in [0.2, 0.25) is 0 Å². The second kappa shape index (κ2) is 3.43. The number of ketones is 1. The van der Waals surface area contributed by atoms with Gasteiger partial charge in [0.05, 0.1) is 9.40 Å². The van der Waals surface area contributed by atoms with Crippen molar-refractivity contribution >= 4 is 59.6 Å². The highest BCUT2D eigenvalue weighted by Crippen LogP contribution is 2.41. The minimum atomic E-state index is -0.0297. The standard InChI is InChI=1S/C14H8O2S2/c1-7(15)11-6-10-8-2-4-17-13(8)14-9(3-5-18-14)12(10)16-11/h2-6H,1H3. The van der Waals surface area contributed by atoms with Gasteiger partial charge in [0, 0.05) is 23.1 Å². The monoisotopic (exact) mass is 272 g/mol. The first-order valence-electron chi connectivity index (χ1n) is 5.56. The van der Waals surface area contributed by atoms with E-state index in [1.54, 1.807) is 22.7 Å². The van der Waals surface area contributed by atoms with Crippen molar-refractivity contribution in [3.05, 3.63) is 34.7 Å². The van der Waals surface area contributed by atoms with Crippen molar-refractivity contribution in [1.82, 2.24) is 0 Å². The molecule has 0 aliphatic carbocycles. The first-order valence-corrected chi connectivity index (χ1v) is 7.32. The van der Waals surface area contributed by atoms with Crippen LogP contribution in [0, 0.1) is 0 Å². The number of furan rings is 1. The van der Waals surface area contributed by atoms with Gasteiger partial charge in [-0.3, -0.25) is 4.79 Å². The minimum Gasteiger partial charge on any atom is -0.452 e. The molecule has 0 unspecified atom stereocenters. The second-order valence-corrected chi connectivity index (χ2v) is 6.07. The number of fused-ring (bicyclic) bond motifs is 6. The zero-order valence-corrected chi connectivity index (χ0v) is 11.2. The molecular formula is C14H8O2S2. The molecule has 0 radical (unpaired) electrons. The van der Waals surface area contributed by atoms with Crippen molar-refractivity contribution in [2.45, 2.75) is 6.92 Å². The van der Waals surface area contributed by atoms with Crippen molar-refractivity contribution in [3.8, 4) is 0 Å². The number of carbonyl (C=O) groups excluding carboxylic acids is 1. The lowest BCUT2D eigenvalue weighted by molar-refractivity contribution is 0.0989. The molecule has 0 aliphatic heterocycles. The number of hydrogen-bond donors (Lipinski definition) is 0. The fourth-order valence-electron chi connectivity index (χ4n) is 2.33. The Labute approximate surface area is 110 Å². The van der Waals surface area contributed by atoms with E-state index in [0.717, 1.165) is 16.4 Å². The topological polar surface area (TPSA) is 30.2 Å². The van der Waals surface area contributed by atoms with Gasteiger partial charge in [0.1, 0.15) is 5.58 Å². The lowest BCUT2D eigenvalue weighted by atomic mass is 10.1. The van der Waals surface area contributed by atoms with Crippen LogP contribution in [0.15, 0.2) is 33.4 Å². The van der Waals surface area contributed by atoms with Crippen LogP contribution in [0.1, 0.15) is 17.5 Å². The van der Waals surface area contributed by atoms with Crippen LogP contribution < -0.4 is 0 Å². The summed E-state index contributed by atoms with van der Waals surface area (Å²) in [5, 5.41) is 7.49. The van der Waals surface area contributed by atoms with Crippen molar-refractivity contribution in [2.24, 2.45) is 0 Å². The Hall–Kier alpha value is -1.65. The third-order valence-electron chi connectivity index (χ3n) is 3.15. The number of thiophene rings is 2. The molecule has 1 aromatic carbocycles. The molecule has 88 valence electrons. The molecule has 0 saturated carbocycles. The summed E-state index contributed by atoms with van der Waals surface area (Å²) in [5.74, 6) is 0.411. The fraction of sp³-hybridized carbons (Fsp3) is 0.0714.